The Hall–Kier alpha value is -2.86. The van der Waals surface area contributed by atoms with Gasteiger partial charge in [-0.25, -0.2) is 9.97 Å². The van der Waals surface area contributed by atoms with Crippen molar-refractivity contribution >= 4 is 11.8 Å². The minimum Gasteiger partial charge on any atom is -0.378 e. The van der Waals surface area contributed by atoms with Crippen molar-refractivity contribution in [3.63, 3.8) is 0 Å². The van der Waals surface area contributed by atoms with E-state index in [0.29, 0.717) is 52.1 Å². The number of carbonyl (C=O) groups excluding carboxylic acids is 2. The maximum absolute atomic E-state index is 12.6. The number of nitrogens with one attached hydrogen (secondary N) is 1. The maximum Gasteiger partial charge on any atom is 0.275 e. The minimum atomic E-state index is -0.464. The van der Waals surface area contributed by atoms with Crippen LogP contribution in [0.25, 0.3) is 0 Å². The van der Waals surface area contributed by atoms with E-state index < -0.39 is 11.6 Å². The van der Waals surface area contributed by atoms with Gasteiger partial charge < -0.3 is 15.0 Å². The first kappa shape index (κ1) is 17.9. The van der Waals surface area contributed by atoms with E-state index in [2.05, 4.69) is 31.4 Å². The Labute approximate surface area is 151 Å². The summed E-state index contributed by atoms with van der Waals surface area (Å²) in [6, 6.07) is 0. The van der Waals surface area contributed by atoms with Crippen molar-refractivity contribution < 1.29 is 14.3 Å². The third-order valence-corrected chi connectivity index (χ3v) is 4.28. The smallest absolute Gasteiger partial charge is 0.275 e. The molecule has 136 valence electrons. The lowest BCUT2D eigenvalue weighted by molar-refractivity contribution is 0.0297. The number of nitrogens with zero attached hydrogens (tertiary/aromatic N) is 5. The summed E-state index contributed by atoms with van der Waals surface area (Å²) in [6.45, 7) is 2.24. The number of amides is 2. The molecule has 0 atom stereocenters. The second-order valence-electron chi connectivity index (χ2n) is 6.05. The van der Waals surface area contributed by atoms with Gasteiger partial charge in [-0.2, -0.15) is 10.2 Å². The van der Waals surface area contributed by atoms with Crippen molar-refractivity contribution in [1.29, 1.82) is 0 Å². The molecule has 1 N–H and O–H groups in total. The molecule has 2 aliphatic heterocycles. The molecule has 9 heteroatoms. The van der Waals surface area contributed by atoms with Gasteiger partial charge in [0.15, 0.2) is 17.1 Å². The molecule has 0 saturated carbocycles. The largest absolute Gasteiger partial charge is 0.378 e. The Balaban J connectivity index is 1.59. The van der Waals surface area contributed by atoms with E-state index >= 15 is 0 Å². The zero-order valence-corrected chi connectivity index (χ0v) is 14.3. The van der Waals surface area contributed by atoms with Crippen LogP contribution in [0.4, 0.5) is 0 Å². The second-order valence-corrected chi connectivity index (χ2v) is 6.05. The Morgan fingerprint density at radius 3 is 2.54 bits per heavy atom. The van der Waals surface area contributed by atoms with Gasteiger partial charge in [0.25, 0.3) is 11.8 Å². The lowest BCUT2D eigenvalue weighted by Crippen LogP contribution is -2.42. The van der Waals surface area contributed by atoms with Crippen LogP contribution in [0.1, 0.15) is 40.2 Å². The normalized spacial score (nSPS) is 17.4. The Morgan fingerprint density at radius 1 is 1.19 bits per heavy atom. The molecule has 0 bridgehead atoms. The van der Waals surface area contributed by atoms with E-state index in [-0.39, 0.29) is 17.3 Å². The number of aromatic nitrogens is 2. The van der Waals surface area contributed by atoms with E-state index in [4.69, 9.17) is 11.2 Å². The van der Waals surface area contributed by atoms with Gasteiger partial charge >= 0.3 is 0 Å². The number of rotatable bonds is 7. The van der Waals surface area contributed by atoms with Gasteiger partial charge in [-0.1, -0.05) is 0 Å². The van der Waals surface area contributed by atoms with E-state index in [1.807, 2.05) is 0 Å². The topological polar surface area (TPSA) is 109 Å². The quantitative estimate of drug-likeness (QED) is 0.721. The van der Waals surface area contributed by atoms with Crippen molar-refractivity contribution in [2.75, 3.05) is 32.8 Å². The molecule has 2 amide bonds. The van der Waals surface area contributed by atoms with Crippen LogP contribution in [0.15, 0.2) is 22.6 Å². The summed E-state index contributed by atoms with van der Waals surface area (Å²) >= 11 is 0. The molecule has 0 aromatic carbocycles. The average molecular weight is 356 g/mol. The number of morpholine rings is 1. The van der Waals surface area contributed by atoms with Crippen LogP contribution >= 0.6 is 0 Å². The molecule has 1 saturated heterocycles. The minimum absolute atomic E-state index is 0.0198. The molecular weight excluding hydrogens is 336 g/mol. The summed E-state index contributed by atoms with van der Waals surface area (Å²) in [5, 5.41) is 10.8. The number of hydrogen-bond acceptors (Lipinski definition) is 7. The zero-order chi connectivity index (χ0) is 18.4. The molecule has 0 unspecified atom stereocenters. The van der Waals surface area contributed by atoms with Crippen LogP contribution in [0.3, 0.4) is 0 Å². The van der Waals surface area contributed by atoms with Gasteiger partial charge in [-0.3, -0.25) is 9.59 Å². The molecule has 1 fully saturated rings. The first-order valence-corrected chi connectivity index (χ1v) is 8.49. The van der Waals surface area contributed by atoms with E-state index in [1.54, 1.807) is 4.90 Å². The standard InChI is InChI=1S/C17H20N6O3/c1-2-3-4-17(21-22-17)5-6-20-15(24)13-14(19-8-7-18-13)16(25)23-9-11-26-12-10-23/h1,7-8H,3-6,9-12H2,(H,20,24). The molecule has 1 aromatic heterocycles. The van der Waals surface area contributed by atoms with Crippen molar-refractivity contribution in [1.82, 2.24) is 20.2 Å². The molecular formula is C17H20N6O3. The predicted octanol–water partition coefficient (Wildman–Crippen LogP) is 0.644. The van der Waals surface area contributed by atoms with Gasteiger partial charge in [0, 0.05) is 51.3 Å². The summed E-state index contributed by atoms with van der Waals surface area (Å²) in [5.41, 5.74) is -0.393. The lowest BCUT2D eigenvalue weighted by atomic mass is 10.0. The highest BCUT2D eigenvalue weighted by molar-refractivity contribution is 6.04. The van der Waals surface area contributed by atoms with Crippen LogP contribution in [0, 0.1) is 12.3 Å². The Kier molecular flexibility index (Phi) is 5.53. The number of ether oxygens (including phenoxy) is 1. The summed E-state index contributed by atoms with van der Waals surface area (Å²) < 4.78 is 5.24. The summed E-state index contributed by atoms with van der Waals surface area (Å²) in [4.78, 5) is 34.8. The van der Waals surface area contributed by atoms with Crippen molar-refractivity contribution in [3.05, 3.63) is 23.8 Å². The molecule has 26 heavy (non-hydrogen) atoms. The predicted molar refractivity (Wildman–Crippen MR) is 91.4 cm³/mol. The van der Waals surface area contributed by atoms with E-state index in [0.717, 1.165) is 0 Å². The molecule has 0 spiro atoms. The molecule has 3 rings (SSSR count). The Bertz CT molecular complexity index is 745. The van der Waals surface area contributed by atoms with Crippen molar-refractivity contribution in [2.45, 2.75) is 24.9 Å². The fourth-order valence-electron chi connectivity index (χ4n) is 2.70. The van der Waals surface area contributed by atoms with Gasteiger partial charge in [-0.05, 0) is 0 Å². The third-order valence-electron chi connectivity index (χ3n) is 4.28. The van der Waals surface area contributed by atoms with Crippen LogP contribution in [-0.2, 0) is 4.74 Å². The summed E-state index contributed by atoms with van der Waals surface area (Å²) in [5.74, 6) is 1.81. The van der Waals surface area contributed by atoms with Gasteiger partial charge in [0.05, 0.1) is 13.2 Å². The van der Waals surface area contributed by atoms with Crippen LogP contribution in [0.5, 0.6) is 0 Å². The fourth-order valence-corrected chi connectivity index (χ4v) is 2.70. The highest BCUT2D eigenvalue weighted by Gasteiger charge is 2.38. The Morgan fingerprint density at radius 2 is 1.88 bits per heavy atom. The SMILES string of the molecule is C#CCCC1(CCNC(=O)c2nccnc2C(=O)N2CCOCC2)N=N1. The number of terminal acetylenes is 1. The summed E-state index contributed by atoms with van der Waals surface area (Å²) in [6.07, 6.45) is 9.88. The lowest BCUT2D eigenvalue weighted by Gasteiger charge is -2.26. The second kappa shape index (κ2) is 8.01. The van der Waals surface area contributed by atoms with Crippen molar-refractivity contribution in [2.24, 2.45) is 10.2 Å². The first-order chi connectivity index (χ1) is 12.7. The number of carbonyl (C=O) groups is 2. The molecule has 0 aliphatic carbocycles. The van der Waals surface area contributed by atoms with Crippen LogP contribution in [0.2, 0.25) is 0 Å². The third kappa shape index (κ3) is 4.21. The van der Waals surface area contributed by atoms with Gasteiger partial charge in [0.2, 0.25) is 0 Å². The molecule has 1 aromatic rings. The average Bonchev–Trinajstić information content (AvgIpc) is 3.46. The van der Waals surface area contributed by atoms with Crippen LogP contribution < -0.4 is 5.32 Å². The monoisotopic (exact) mass is 356 g/mol. The molecule has 3 heterocycles. The fraction of sp³-hybridized carbons (Fsp3) is 0.529. The molecule has 9 nitrogen and oxygen atoms in total. The highest BCUT2D eigenvalue weighted by Crippen LogP contribution is 2.36. The highest BCUT2D eigenvalue weighted by atomic mass is 16.5. The van der Waals surface area contributed by atoms with Gasteiger partial charge in [0.1, 0.15) is 0 Å². The summed E-state index contributed by atoms with van der Waals surface area (Å²) in [7, 11) is 0. The molecule has 2 aliphatic rings. The van der Waals surface area contributed by atoms with Crippen molar-refractivity contribution in [3.8, 4) is 12.3 Å². The molecule has 0 radical (unpaired) electrons. The van der Waals surface area contributed by atoms with Gasteiger partial charge in [-0.15, -0.1) is 12.3 Å². The van der Waals surface area contributed by atoms with E-state index in [1.165, 1.54) is 12.4 Å². The van der Waals surface area contributed by atoms with E-state index in [9.17, 15) is 9.59 Å². The van der Waals surface area contributed by atoms with Crippen LogP contribution in [-0.4, -0.2) is 65.2 Å². The zero-order valence-electron chi connectivity index (χ0n) is 14.3. The number of hydrogen-bond donors (Lipinski definition) is 1. The maximum atomic E-state index is 12.6. The first-order valence-electron chi connectivity index (χ1n) is 8.49.